The molecular weight excluding hydrogens is 381 g/mol. The van der Waals surface area contributed by atoms with E-state index in [-0.39, 0.29) is 23.9 Å². The van der Waals surface area contributed by atoms with E-state index < -0.39 is 11.8 Å². The second-order valence-electron chi connectivity index (χ2n) is 5.21. The van der Waals surface area contributed by atoms with Crippen LogP contribution in [0.1, 0.15) is 15.9 Å². The van der Waals surface area contributed by atoms with Crippen LogP contribution in [-0.4, -0.2) is 31.4 Å². The van der Waals surface area contributed by atoms with E-state index in [1.807, 2.05) is 0 Å². The van der Waals surface area contributed by atoms with Crippen LogP contribution in [0.15, 0.2) is 41.5 Å². The van der Waals surface area contributed by atoms with Crippen molar-refractivity contribution in [2.45, 2.75) is 0 Å². The molecule has 0 unspecified atom stereocenters. The summed E-state index contributed by atoms with van der Waals surface area (Å²) >= 11 is 11.7. The molecule has 2 N–H and O–H groups in total. The number of hydrogen-bond acceptors (Lipinski definition) is 5. The number of halogens is 2. The Bertz CT molecular complexity index is 886. The van der Waals surface area contributed by atoms with Crippen molar-refractivity contribution in [1.82, 2.24) is 10.7 Å². The quantitative estimate of drug-likeness (QED) is 0.603. The predicted octanol–water partition coefficient (Wildman–Crippen LogP) is 2.60. The number of rotatable bonds is 5. The first-order chi connectivity index (χ1) is 12.5. The molecule has 0 atom stereocenters. The molecule has 1 heterocycles. The number of hydrazone groups is 1. The molecule has 2 amide bonds. The average molecular weight is 394 g/mol. The van der Waals surface area contributed by atoms with Crippen molar-refractivity contribution in [3.63, 3.8) is 0 Å². The first kappa shape index (κ1) is 18.0. The Labute approximate surface area is 158 Å². The van der Waals surface area contributed by atoms with Crippen LogP contribution in [0.4, 0.5) is 0 Å². The highest BCUT2D eigenvalue weighted by Crippen LogP contribution is 2.31. The first-order valence-corrected chi connectivity index (χ1v) is 8.23. The van der Waals surface area contributed by atoms with Crippen molar-refractivity contribution in [3.8, 4) is 11.5 Å². The minimum absolute atomic E-state index is 0.185. The fourth-order valence-electron chi connectivity index (χ4n) is 2.14. The molecule has 2 aromatic carbocycles. The Hall–Kier alpha value is -2.77. The Morgan fingerprint density at radius 2 is 1.92 bits per heavy atom. The Balaban J connectivity index is 1.49. The van der Waals surface area contributed by atoms with Crippen molar-refractivity contribution in [1.29, 1.82) is 0 Å². The molecule has 134 valence electrons. The number of nitrogens with one attached hydrogen (secondary N) is 2. The fraction of sp³-hybridized carbons (Fsp3) is 0.118. The molecule has 7 nitrogen and oxygen atoms in total. The zero-order chi connectivity index (χ0) is 18.5. The van der Waals surface area contributed by atoms with Gasteiger partial charge in [-0.3, -0.25) is 9.59 Å². The van der Waals surface area contributed by atoms with Gasteiger partial charge in [0.15, 0.2) is 11.5 Å². The van der Waals surface area contributed by atoms with Crippen LogP contribution in [0.5, 0.6) is 11.5 Å². The van der Waals surface area contributed by atoms with Gasteiger partial charge in [0.25, 0.3) is 11.8 Å². The molecule has 1 aliphatic heterocycles. The van der Waals surface area contributed by atoms with E-state index in [1.54, 1.807) is 18.2 Å². The molecule has 0 bridgehead atoms. The van der Waals surface area contributed by atoms with E-state index in [9.17, 15) is 9.59 Å². The number of fused-ring (bicyclic) bond motifs is 1. The number of benzene rings is 2. The first-order valence-electron chi connectivity index (χ1n) is 7.48. The summed E-state index contributed by atoms with van der Waals surface area (Å²) in [6.07, 6.45) is 1.46. The van der Waals surface area contributed by atoms with Crippen LogP contribution in [-0.2, 0) is 4.79 Å². The van der Waals surface area contributed by atoms with Crippen LogP contribution < -0.4 is 20.2 Å². The molecule has 0 radical (unpaired) electrons. The van der Waals surface area contributed by atoms with Crippen LogP contribution in [0.2, 0.25) is 10.0 Å². The van der Waals surface area contributed by atoms with Gasteiger partial charge in [0.05, 0.1) is 23.3 Å². The second kappa shape index (κ2) is 8.07. The molecule has 0 aliphatic carbocycles. The van der Waals surface area contributed by atoms with E-state index in [2.05, 4.69) is 15.8 Å². The Morgan fingerprint density at radius 3 is 2.73 bits per heavy atom. The lowest BCUT2D eigenvalue weighted by molar-refractivity contribution is -0.120. The van der Waals surface area contributed by atoms with Gasteiger partial charge in [-0.25, -0.2) is 5.43 Å². The molecule has 0 fully saturated rings. The number of hydrogen-bond donors (Lipinski definition) is 2. The molecule has 0 saturated carbocycles. The lowest BCUT2D eigenvalue weighted by atomic mass is 10.2. The van der Waals surface area contributed by atoms with E-state index in [0.29, 0.717) is 16.5 Å². The standard InChI is InChI=1S/C17H13Cl2N3O4/c18-11-2-3-12(13(19)6-11)17(24)20-8-16(23)22-21-7-10-1-4-14-15(5-10)26-9-25-14/h1-7H,8-9H2,(H,20,24)(H,22,23)/b21-7+. The summed E-state index contributed by atoms with van der Waals surface area (Å²) in [6, 6.07) is 9.74. The molecular formula is C17H13Cl2N3O4. The fourth-order valence-corrected chi connectivity index (χ4v) is 2.64. The Morgan fingerprint density at radius 1 is 1.12 bits per heavy atom. The molecule has 3 rings (SSSR count). The summed E-state index contributed by atoms with van der Waals surface area (Å²) in [5, 5.41) is 6.91. The number of carbonyl (C=O) groups excluding carboxylic acids is 2. The van der Waals surface area contributed by atoms with Crippen molar-refractivity contribution in [2.75, 3.05) is 13.3 Å². The maximum absolute atomic E-state index is 12.0. The van der Waals surface area contributed by atoms with Gasteiger partial charge in [-0.15, -0.1) is 0 Å². The maximum Gasteiger partial charge on any atom is 0.259 e. The van der Waals surface area contributed by atoms with Crippen LogP contribution in [0, 0.1) is 0 Å². The number of amides is 2. The summed E-state index contributed by atoms with van der Waals surface area (Å²) in [7, 11) is 0. The third-order valence-electron chi connectivity index (χ3n) is 3.38. The van der Waals surface area contributed by atoms with E-state index >= 15 is 0 Å². The third-order valence-corrected chi connectivity index (χ3v) is 3.93. The van der Waals surface area contributed by atoms with Gasteiger partial charge in [-0.1, -0.05) is 23.2 Å². The van der Waals surface area contributed by atoms with Crippen molar-refractivity contribution in [2.24, 2.45) is 5.10 Å². The molecule has 2 aromatic rings. The maximum atomic E-state index is 12.0. The molecule has 9 heteroatoms. The van der Waals surface area contributed by atoms with Crippen LogP contribution in [0.3, 0.4) is 0 Å². The van der Waals surface area contributed by atoms with E-state index in [1.165, 1.54) is 24.4 Å². The minimum Gasteiger partial charge on any atom is -0.454 e. The number of carbonyl (C=O) groups is 2. The zero-order valence-corrected chi connectivity index (χ0v) is 14.8. The lowest BCUT2D eigenvalue weighted by Gasteiger charge is -2.06. The molecule has 1 aliphatic rings. The van der Waals surface area contributed by atoms with Gasteiger partial charge in [-0.05, 0) is 42.0 Å². The highest BCUT2D eigenvalue weighted by molar-refractivity contribution is 6.36. The van der Waals surface area contributed by atoms with Crippen molar-refractivity contribution < 1.29 is 19.1 Å². The predicted molar refractivity (Wildman–Crippen MR) is 97.1 cm³/mol. The van der Waals surface area contributed by atoms with Crippen molar-refractivity contribution in [3.05, 3.63) is 57.6 Å². The monoisotopic (exact) mass is 393 g/mol. The molecule has 0 aromatic heterocycles. The zero-order valence-electron chi connectivity index (χ0n) is 13.3. The van der Waals surface area contributed by atoms with Crippen LogP contribution in [0.25, 0.3) is 0 Å². The highest BCUT2D eigenvalue weighted by Gasteiger charge is 2.13. The topological polar surface area (TPSA) is 89.0 Å². The number of nitrogens with zero attached hydrogens (tertiary/aromatic N) is 1. The normalized spacial score (nSPS) is 12.2. The molecule has 0 spiro atoms. The van der Waals surface area contributed by atoms with Crippen molar-refractivity contribution >= 4 is 41.2 Å². The van der Waals surface area contributed by atoms with Gasteiger partial charge in [0.1, 0.15) is 0 Å². The average Bonchev–Trinajstić information content (AvgIpc) is 3.07. The molecule has 0 saturated heterocycles. The lowest BCUT2D eigenvalue weighted by Crippen LogP contribution is -2.35. The largest absolute Gasteiger partial charge is 0.454 e. The molecule has 26 heavy (non-hydrogen) atoms. The Kier molecular flexibility index (Phi) is 5.60. The summed E-state index contributed by atoms with van der Waals surface area (Å²) < 4.78 is 10.5. The van der Waals surface area contributed by atoms with Gasteiger partial charge in [-0.2, -0.15) is 5.10 Å². The SMILES string of the molecule is O=C(CNC(=O)c1ccc(Cl)cc1Cl)N/N=C/c1ccc2c(c1)OCO2. The second-order valence-corrected chi connectivity index (χ2v) is 6.06. The van der Waals surface area contributed by atoms with Gasteiger partial charge in [0.2, 0.25) is 6.79 Å². The summed E-state index contributed by atoms with van der Waals surface area (Å²) in [5.41, 5.74) is 3.28. The summed E-state index contributed by atoms with van der Waals surface area (Å²) in [6.45, 7) is -0.0692. The minimum atomic E-state index is -0.486. The highest BCUT2D eigenvalue weighted by atomic mass is 35.5. The van der Waals surface area contributed by atoms with E-state index in [4.69, 9.17) is 32.7 Å². The van der Waals surface area contributed by atoms with Gasteiger partial charge < -0.3 is 14.8 Å². The van der Waals surface area contributed by atoms with Gasteiger partial charge in [0, 0.05) is 5.02 Å². The summed E-state index contributed by atoms with van der Waals surface area (Å²) in [4.78, 5) is 23.8. The third kappa shape index (κ3) is 4.44. The number of ether oxygens (including phenoxy) is 2. The van der Waals surface area contributed by atoms with E-state index in [0.717, 1.165) is 5.56 Å². The van der Waals surface area contributed by atoms with Gasteiger partial charge >= 0.3 is 0 Å². The smallest absolute Gasteiger partial charge is 0.259 e. The van der Waals surface area contributed by atoms with Crippen LogP contribution >= 0.6 is 23.2 Å². The summed E-state index contributed by atoms with van der Waals surface area (Å²) in [5.74, 6) is 0.309.